The summed E-state index contributed by atoms with van der Waals surface area (Å²) in [6, 6.07) is 7.15. The van der Waals surface area contributed by atoms with E-state index in [1.54, 1.807) is 36.4 Å². The minimum absolute atomic E-state index is 0.0709. The van der Waals surface area contributed by atoms with Crippen molar-refractivity contribution in [1.82, 2.24) is 0 Å². The van der Waals surface area contributed by atoms with Gasteiger partial charge in [0, 0.05) is 22.3 Å². The molecular weight excluding hydrogens is 404 g/mol. The molecule has 0 aromatic heterocycles. The number of carbonyl (C=O) groups is 1. The Morgan fingerprint density at radius 1 is 0.656 bits per heavy atom. The summed E-state index contributed by atoms with van der Waals surface area (Å²) in [4.78, 5) is 12.1. The van der Waals surface area contributed by atoms with Crippen LogP contribution < -0.4 is 0 Å². The van der Waals surface area contributed by atoms with Gasteiger partial charge in [-0.3, -0.25) is 0 Å². The van der Waals surface area contributed by atoms with Crippen molar-refractivity contribution in [2.75, 3.05) is 0 Å². The van der Waals surface area contributed by atoms with E-state index in [9.17, 15) is 15.0 Å². The predicted molar refractivity (Wildman–Crippen MR) is 127 cm³/mol. The first-order valence-corrected chi connectivity index (χ1v) is 10.3. The molecule has 0 spiro atoms. The van der Waals surface area contributed by atoms with Gasteiger partial charge in [-0.2, -0.15) is 0 Å². The van der Waals surface area contributed by atoms with Gasteiger partial charge in [-0.1, -0.05) is 48.6 Å². The van der Waals surface area contributed by atoms with Gasteiger partial charge in [-0.15, -0.1) is 26.3 Å². The fraction of sp³-hybridized carbons (Fsp3) is 0.222. The monoisotopic (exact) mass is 434 g/mol. The van der Waals surface area contributed by atoms with Crippen LogP contribution in [0.3, 0.4) is 0 Å². The summed E-state index contributed by atoms with van der Waals surface area (Å²) in [5.41, 5.74) is 4.28. The molecule has 0 fully saturated rings. The van der Waals surface area contributed by atoms with Gasteiger partial charge in [0.05, 0.1) is 0 Å². The van der Waals surface area contributed by atoms with Crippen LogP contribution in [0.5, 0.6) is 11.5 Å². The predicted octanol–water partition coefficient (Wildman–Crippen LogP) is 5.87. The first kappa shape index (κ1) is 24.5. The third-order valence-electron chi connectivity index (χ3n) is 5.04. The van der Waals surface area contributed by atoms with Crippen molar-refractivity contribution in [2.45, 2.75) is 38.9 Å². The highest BCUT2D eigenvalue weighted by Crippen LogP contribution is 2.30. The van der Waals surface area contributed by atoms with E-state index in [4.69, 9.17) is 9.47 Å². The summed E-state index contributed by atoms with van der Waals surface area (Å²) in [6.07, 6.45) is 8.23. The van der Waals surface area contributed by atoms with Gasteiger partial charge in [0.2, 0.25) is 0 Å². The Hall–Kier alpha value is -3.73. The van der Waals surface area contributed by atoms with Crippen LogP contribution in [0.2, 0.25) is 0 Å². The van der Waals surface area contributed by atoms with Crippen molar-refractivity contribution in [1.29, 1.82) is 0 Å². The molecule has 32 heavy (non-hydrogen) atoms. The quantitative estimate of drug-likeness (QED) is 0.323. The molecule has 2 aromatic rings. The first-order valence-electron chi connectivity index (χ1n) is 10.3. The molecule has 0 saturated heterocycles. The lowest BCUT2D eigenvalue weighted by Crippen LogP contribution is -2.09. The van der Waals surface area contributed by atoms with Crippen LogP contribution in [0.1, 0.15) is 33.4 Å². The highest BCUT2D eigenvalue weighted by molar-refractivity contribution is 5.60. The maximum absolute atomic E-state index is 12.1. The molecule has 0 aliphatic rings. The van der Waals surface area contributed by atoms with Crippen molar-refractivity contribution in [2.24, 2.45) is 0 Å². The number of rotatable bonds is 12. The number of phenols is 2. The molecule has 0 radical (unpaired) electrons. The van der Waals surface area contributed by atoms with E-state index in [0.29, 0.717) is 36.8 Å². The number of allylic oxidation sites excluding steroid dienone is 4. The maximum Gasteiger partial charge on any atom is 0.508 e. The smallest absolute Gasteiger partial charge is 0.507 e. The molecule has 0 aliphatic heterocycles. The lowest BCUT2D eigenvalue weighted by molar-refractivity contribution is 0.0438. The van der Waals surface area contributed by atoms with E-state index < -0.39 is 6.16 Å². The van der Waals surface area contributed by atoms with E-state index in [2.05, 4.69) is 26.3 Å². The second kappa shape index (κ2) is 12.2. The highest BCUT2D eigenvalue weighted by atomic mass is 16.7. The van der Waals surface area contributed by atoms with E-state index >= 15 is 0 Å². The summed E-state index contributed by atoms with van der Waals surface area (Å²) < 4.78 is 10.3. The molecule has 0 heterocycles. The largest absolute Gasteiger partial charge is 0.508 e. The van der Waals surface area contributed by atoms with Crippen molar-refractivity contribution in [3.8, 4) is 11.5 Å². The molecule has 0 amide bonds. The van der Waals surface area contributed by atoms with Gasteiger partial charge in [0.15, 0.2) is 0 Å². The third kappa shape index (κ3) is 6.14. The zero-order chi connectivity index (χ0) is 23.5. The summed E-state index contributed by atoms with van der Waals surface area (Å²) in [7, 11) is 0. The summed E-state index contributed by atoms with van der Waals surface area (Å²) in [6.45, 7) is 14.6. The number of carbonyl (C=O) groups excluding carboxylic acids is 1. The lowest BCUT2D eigenvalue weighted by atomic mass is 9.97. The zero-order valence-corrected chi connectivity index (χ0v) is 18.3. The third-order valence-corrected chi connectivity index (χ3v) is 5.04. The van der Waals surface area contributed by atoms with E-state index in [1.807, 2.05) is 12.1 Å². The Bertz CT molecular complexity index is 924. The maximum atomic E-state index is 12.1. The summed E-state index contributed by atoms with van der Waals surface area (Å²) >= 11 is 0. The number of ether oxygens (including phenoxy) is 2. The Balaban J connectivity index is 2.05. The first-order chi connectivity index (χ1) is 15.5. The van der Waals surface area contributed by atoms with E-state index in [-0.39, 0.29) is 24.7 Å². The van der Waals surface area contributed by atoms with Crippen LogP contribution in [0.4, 0.5) is 4.79 Å². The molecule has 0 aliphatic carbocycles. The topological polar surface area (TPSA) is 76.0 Å². The average Bonchev–Trinajstić information content (AvgIpc) is 2.78. The van der Waals surface area contributed by atoms with Crippen LogP contribution in [-0.4, -0.2) is 16.4 Å². The fourth-order valence-electron chi connectivity index (χ4n) is 3.44. The normalized spacial score (nSPS) is 10.2. The summed E-state index contributed by atoms with van der Waals surface area (Å²) in [5, 5.41) is 21.1. The van der Waals surface area contributed by atoms with Gasteiger partial charge in [0.25, 0.3) is 0 Å². The highest BCUT2D eigenvalue weighted by Gasteiger charge is 2.15. The molecule has 0 atom stereocenters. The lowest BCUT2D eigenvalue weighted by Gasteiger charge is -2.15. The zero-order valence-electron chi connectivity index (χ0n) is 18.3. The Morgan fingerprint density at radius 2 is 1.00 bits per heavy atom. The second-order valence-electron chi connectivity index (χ2n) is 7.22. The molecular formula is C27H30O5. The van der Waals surface area contributed by atoms with Crippen LogP contribution in [-0.2, 0) is 48.4 Å². The minimum Gasteiger partial charge on any atom is -0.507 e. The van der Waals surface area contributed by atoms with Crippen LogP contribution in [0.15, 0.2) is 74.9 Å². The second-order valence-corrected chi connectivity index (χ2v) is 7.22. The van der Waals surface area contributed by atoms with Gasteiger partial charge >= 0.3 is 6.16 Å². The molecule has 0 unspecified atom stereocenters. The molecule has 2 aromatic carbocycles. The van der Waals surface area contributed by atoms with Gasteiger partial charge < -0.3 is 19.7 Å². The standard InChI is InChI=1S/C27H30O5/c1-5-9-19-13-15-21(25(28)23(19)11-7-3)17-31-27(30)32-18-22-16-14-20(10-6-2)24(12-8-4)26(22)29/h5-8,13-16,28-29H,1-4,9-12,17-18H2. The fourth-order valence-corrected chi connectivity index (χ4v) is 3.44. The number of aromatic hydroxyl groups is 2. The number of hydrogen-bond acceptors (Lipinski definition) is 5. The van der Waals surface area contributed by atoms with Gasteiger partial charge in [-0.05, 0) is 36.8 Å². The summed E-state index contributed by atoms with van der Waals surface area (Å²) in [5.74, 6) is 0.142. The van der Waals surface area contributed by atoms with Crippen LogP contribution >= 0.6 is 0 Å². The van der Waals surface area contributed by atoms with Crippen molar-refractivity contribution in [3.05, 3.63) is 108 Å². The van der Waals surface area contributed by atoms with Crippen molar-refractivity contribution >= 4 is 6.16 Å². The molecule has 2 N–H and O–H groups in total. The van der Waals surface area contributed by atoms with Crippen LogP contribution in [0.25, 0.3) is 0 Å². The van der Waals surface area contributed by atoms with Crippen LogP contribution in [0, 0.1) is 0 Å². The van der Waals surface area contributed by atoms with E-state index in [0.717, 1.165) is 22.3 Å². The molecule has 168 valence electrons. The minimum atomic E-state index is -0.898. The molecule has 0 bridgehead atoms. The molecule has 2 rings (SSSR count). The SMILES string of the molecule is C=CCc1ccc(COC(=O)OCc2ccc(CC=C)c(CC=C)c2O)c(O)c1CC=C. The molecule has 5 nitrogen and oxygen atoms in total. The van der Waals surface area contributed by atoms with E-state index in [1.165, 1.54) is 0 Å². The molecule has 0 saturated carbocycles. The van der Waals surface area contributed by atoms with Crippen molar-refractivity contribution in [3.63, 3.8) is 0 Å². The van der Waals surface area contributed by atoms with Gasteiger partial charge in [0.1, 0.15) is 24.7 Å². The van der Waals surface area contributed by atoms with Crippen molar-refractivity contribution < 1.29 is 24.5 Å². The Morgan fingerprint density at radius 3 is 1.34 bits per heavy atom. The Kier molecular flexibility index (Phi) is 9.36. The van der Waals surface area contributed by atoms with Gasteiger partial charge in [-0.25, -0.2) is 4.79 Å². The average molecular weight is 435 g/mol. The number of benzene rings is 2. The Labute approximate surface area is 189 Å². The molecule has 5 heteroatoms. The number of hydrogen-bond donors (Lipinski definition) is 2. The number of phenolic OH excluding ortho intramolecular Hbond substituents is 2.